The lowest BCUT2D eigenvalue weighted by atomic mass is 9.92. The Morgan fingerprint density at radius 3 is 3.08 bits per heavy atom. The van der Waals surface area contributed by atoms with Crippen LogP contribution in [0.1, 0.15) is 23.2 Å². The summed E-state index contributed by atoms with van der Waals surface area (Å²) in [5.41, 5.74) is 10.3. The van der Waals surface area contributed by atoms with Crippen molar-refractivity contribution >= 4 is 0 Å². The highest BCUT2D eigenvalue weighted by molar-refractivity contribution is 5.33. The van der Waals surface area contributed by atoms with Crippen molar-refractivity contribution in [2.75, 3.05) is 0 Å². The standard InChI is InChI=1S/C10H16N2/c1-7-6-12(2)10-5-8(11)3-4-9(7)10/h6,8H,3-5,11H2,1-2H3. The van der Waals surface area contributed by atoms with Gasteiger partial charge in [0.05, 0.1) is 0 Å². The lowest BCUT2D eigenvalue weighted by molar-refractivity contribution is 0.555. The fraction of sp³-hybridized carbons (Fsp3) is 0.600. The predicted molar refractivity (Wildman–Crippen MR) is 50.2 cm³/mol. The van der Waals surface area contributed by atoms with Crippen molar-refractivity contribution in [3.8, 4) is 0 Å². The summed E-state index contributed by atoms with van der Waals surface area (Å²) in [5, 5.41) is 0. The van der Waals surface area contributed by atoms with Crippen LogP contribution < -0.4 is 5.73 Å². The van der Waals surface area contributed by atoms with Gasteiger partial charge in [0.15, 0.2) is 0 Å². The summed E-state index contributed by atoms with van der Waals surface area (Å²) in [5.74, 6) is 0. The third-order valence-corrected chi connectivity index (χ3v) is 2.86. The van der Waals surface area contributed by atoms with Crippen molar-refractivity contribution in [2.45, 2.75) is 32.2 Å². The van der Waals surface area contributed by atoms with E-state index in [1.165, 1.54) is 17.7 Å². The highest BCUT2D eigenvalue weighted by atomic mass is 14.9. The van der Waals surface area contributed by atoms with Crippen LogP contribution in [0.2, 0.25) is 0 Å². The van der Waals surface area contributed by atoms with Crippen molar-refractivity contribution in [1.82, 2.24) is 4.57 Å². The molecular weight excluding hydrogens is 148 g/mol. The van der Waals surface area contributed by atoms with E-state index in [1.807, 2.05) is 0 Å². The molecule has 1 aliphatic carbocycles. The van der Waals surface area contributed by atoms with Crippen molar-refractivity contribution in [2.24, 2.45) is 12.8 Å². The maximum Gasteiger partial charge on any atom is 0.0222 e. The van der Waals surface area contributed by atoms with Gasteiger partial charge in [-0.3, -0.25) is 0 Å². The molecule has 0 amide bonds. The summed E-state index contributed by atoms with van der Waals surface area (Å²) in [6.45, 7) is 2.19. The molecule has 1 aliphatic rings. The third kappa shape index (κ3) is 1.07. The van der Waals surface area contributed by atoms with E-state index in [1.54, 1.807) is 5.56 Å². The normalized spacial score (nSPS) is 22.4. The van der Waals surface area contributed by atoms with Crippen LogP contribution in [0.5, 0.6) is 0 Å². The summed E-state index contributed by atoms with van der Waals surface area (Å²) in [7, 11) is 2.11. The first kappa shape index (κ1) is 7.87. The van der Waals surface area contributed by atoms with Gasteiger partial charge >= 0.3 is 0 Å². The second-order valence-electron chi connectivity index (χ2n) is 3.85. The minimum atomic E-state index is 0.380. The van der Waals surface area contributed by atoms with Gasteiger partial charge in [0, 0.05) is 31.4 Å². The zero-order valence-electron chi connectivity index (χ0n) is 7.80. The Balaban J connectivity index is 2.45. The Bertz CT molecular complexity index is 299. The molecule has 0 fully saturated rings. The molecule has 1 aromatic rings. The fourth-order valence-electron chi connectivity index (χ4n) is 2.18. The van der Waals surface area contributed by atoms with Gasteiger partial charge in [-0.2, -0.15) is 0 Å². The number of rotatable bonds is 0. The molecule has 0 aromatic carbocycles. The number of hydrogen-bond donors (Lipinski definition) is 1. The van der Waals surface area contributed by atoms with Gasteiger partial charge in [-0.05, 0) is 30.9 Å². The molecule has 2 rings (SSSR count). The zero-order valence-corrected chi connectivity index (χ0v) is 7.80. The molecule has 0 spiro atoms. The quantitative estimate of drug-likeness (QED) is 0.612. The fourth-order valence-corrected chi connectivity index (χ4v) is 2.18. The van der Waals surface area contributed by atoms with E-state index in [2.05, 4.69) is 24.7 Å². The zero-order chi connectivity index (χ0) is 8.72. The first-order valence-electron chi connectivity index (χ1n) is 4.57. The molecule has 1 heterocycles. The summed E-state index contributed by atoms with van der Waals surface area (Å²) >= 11 is 0. The SMILES string of the molecule is Cc1cn(C)c2c1CCC(N)C2. The van der Waals surface area contributed by atoms with Gasteiger partial charge in [-0.15, -0.1) is 0 Å². The molecule has 2 N–H and O–H groups in total. The summed E-state index contributed by atoms with van der Waals surface area (Å²) in [6.07, 6.45) is 5.59. The number of hydrogen-bond acceptors (Lipinski definition) is 1. The Morgan fingerprint density at radius 2 is 2.33 bits per heavy atom. The predicted octanol–water partition coefficient (Wildman–Crippen LogP) is 1.15. The van der Waals surface area contributed by atoms with E-state index in [9.17, 15) is 0 Å². The molecule has 0 saturated carbocycles. The summed E-state index contributed by atoms with van der Waals surface area (Å²) in [4.78, 5) is 0. The second kappa shape index (κ2) is 2.63. The Hall–Kier alpha value is -0.760. The molecule has 2 nitrogen and oxygen atoms in total. The lowest BCUT2D eigenvalue weighted by Gasteiger charge is -2.20. The maximum absolute atomic E-state index is 5.91. The minimum absolute atomic E-state index is 0.380. The number of nitrogens with two attached hydrogens (primary N) is 1. The van der Waals surface area contributed by atoms with Crippen LogP contribution in [-0.2, 0) is 19.9 Å². The van der Waals surface area contributed by atoms with Crippen molar-refractivity contribution in [3.05, 3.63) is 23.0 Å². The highest BCUT2D eigenvalue weighted by Gasteiger charge is 2.19. The minimum Gasteiger partial charge on any atom is -0.354 e. The van der Waals surface area contributed by atoms with E-state index in [-0.39, 0.29) is 0 Å². The molecule has 66 valence electrons. The Kier molecular flexibility index (Phi) is 1.72. The van der Waals surface area contributed by atoms with E-state index in [0.29, 0.717) is 6.04 Å². The van der Waals surface area contributed by atoms with Crippen LogP contribution in [0.3, 0.4) is 0 Å². The van der Waals surface area contributed by atoms with Gasteiger partial charge in [0.1, 0.15) is 0 Å². The molecule has 12 heavy (non-hydrogen) atoms. The molecule has 1 aromatic heterocycles. The largest absolute Gasteiger partial charge is 0.354 e. The van der Waals surface area contributed by atoms with E-state index in [4.69, 9.17) is 5.73 Å². The van der Waals surface area contributed by atoms with Gasteiger partial charge in [0.25, 0.3) is 0 Å². The monoisotopic (exact) mass is 164 g/mol. The van der Waals surface area contributed by atoms with Crippen LogP contribution in [0, 0.1) is 6.92 Å². The van der Waals surface area contributed by atoms with Gasteiger partial charge < -0.3 is 10.3 Å². The first-order valence-corrected chi connectivity index (χ1v) is 4.57. The molecule has 1 atom stereocenters. The molecule has 0 aliphatic heterocycles. The number of fused-ring (bicyclic) bond motifs is 1. The molecule has 0 bridgehead atoms. The molecule has 0 saturated heterocycles. The van der Waals surface area contributed by atoms with Gasteiger partial charge in [-0.25, -0.2) is 0 Å². The average Bonchev–Trinajstić information content (AvgIpc) is 2.28. The maximum atomic E-state index is 5.91. The topological polar surface area (TPSA) is 30.9 Å². The van der Waals surface area contributed by atoms with Crippen molar-refractivity contribution in [1.29, 1.82) is 0 Å². The first-order chi connectivity index (χ1) is 5.68. The average molecular weight is 164 g/mol. The van der Waals surface area contributed by atoms with Gasteiger partial charge in [-0.1, -0.05) is 0 Å². The molecule has 0 radical (unpaired) electrons. The van der Waals surface area contributed by atoms with Crippen LogP contribution in [0.15, 0.2) is 6.20 Å². The van der Waals surface area contributed by atoms with Gasteiger partial charge in [0.2, 0.25) is 0 Å². The highest BCUT2D eigenvalue weighted by Crippen LogP contribution is 2.24. The molecular formula is C10H16N2. The van der Waals surface area contributed by atoms with Crippen LogP contribution in [0.4, 0.5) is 0 Å². The van der Waals surface area contributed by atoms with E-state index in [0.717, 1.165) is 12.8 Å². The van der Waals surface area contributed by atoms with Crippen molar-refractivity contribution in [3.63, 3.8) is 0 Å². The number of aromatic nitrogens is 1. The number of nitrogens with zero attached hydrogens (tertiary/aromatic N) is 1. The molecule has 2 heteroatoms. The lowest BCUT2D eigenvalue weighted by Crippen LogP contribution is -2.28. The Labute approximate surface area is 73.4 Å². The van der Waals surface area contributed by atoms with Crippen LogP contribution >= 0.6 is 0 Å². The third-order valence-electron chi connectivity index (χ3n) is 2.86. The van der Waals surface area contributed by atoms with Crippen LogP contribution in [0.25, 0.3) is 0 Å². The Morgan fingerprint density at radius 1 is 1.58 bits per heavy atom. The molecule has 1 unspecified atom stereocenters. The summed E-state index contributed by atoms with van der Waals surface area (Å²) < 4.78 is 2.23. The van der Waals surface area contributed by atoms with E-state index >= 15 is 0 Å². The smallest absolute Gasteiger partial charge is 0.0222 e. The summed E-state index contributed by atoms with van der Waals surface area (Å²) in [6, 6.07) is 0.380. The van der Waals surface area contributed by atoms with E-state index < -0.39 is 0 Å². The van der Waals surface area contributed by atoms with Crippen molar-refractivity contribution < 1.29 is 0 Å². The van der Waals surface area contributed by atoms with Crippen LogP contribution in [-0.4, -0.2) is 10.6 Å². The second-order valence-corrected chi connectivity index (χ2v) is 3.85. The number of aryl methyl sites for hydroxylation is 2.